The number of benzene rings is 2. The molecule has 0 aromatic heterocycles. The number of morpholine rings is 2. The molecule has 2 heterocycles. The van der Waals surface area contributed by atoms with E-state index in [9.17, 15) is 9.59 Å². The van der Waals surface area contributed by atoms with Gasteiger partial charge in [-0.25, -0.2) is 0 Å². The molecule has 8 heteroatoms. The highest BCUT2D eigenvalue weighted by Crippen LogP contribution is 2.36. The quantitative estimate of drug-likeness (QED) is 0.558. The van der Waals surface area contributed by atoms with Gasteiger partial charge >= 0.3 is 0 Å². The molecule has 2 amide bonds. The van der Waals surface area contributed by atoms with Gasteiger partial charge in [-0.3, -0.25) is 9.59 Å². The minimum atomic E-state index is -0.0229. The van der Waals surface area contributed by atoms with E-state index in [0.717, 1.165) is 20.9 Å². The van der Waals surface area contributed by atoms with Crippen LogP contribution in [0.25, 0.3) is 12.2 Å². The molecular formula is C26H27ClN2O4S. The summed E-state index contributed by atoms with van der Waals surface area (Å²) in [5, 5.41) is 0.606. The monoisotopic (exact) mass is 498 g/mol. The first-order valence-electron chi connectivity index (χ1n) is 11.3. The topological polar surface area (TPSA) is 59.1 Å². The van der Waals surface area contributed by atoms with Crippen molar-refractivity contribution in [1.29, 1.82) is 0 Å². The Morgan fingerprint density at radius 3 is 2.00 bits per heavy atom. The first-order valence-corrected chi connectivity index (χ1v) is 12.5. The van der Waals surface area contributed by atoms with Crippen LogP contribution in [0.5, 0.6) is 0 Å². The molecule has 2 aliphatic rings. The van der Waals surface area contributed by atoms with Crippen LogP contribution in [-0.4, -0.2) is 74.2 Å². The maximum absolute atomic E-state index is 12.5. The summed E-state index contributed by atoms with van der Waals surface area (Å²) in [6.07, 6.45) is 6.83. The maximum atomic E-state index is 12.5. The molecule has 34 heavy (non-hydrogen) atoms. The van der Waals surface area contributed by atoms with Crippen LogP contribution < -0.4 is 0 Å². The first kappa shape index (κ1) is 24.5. The molecule has 0 saturated carbocycles. The molecule has 178 valence electrons. The van der Waals surface area contributed by atoms with Crippen LogP contribution >= 0.6 is 23.4 Å². The van der Waals surface area contributed by atoms with Crippen molar-refractivity contribution < 1.29 is 19.1 Å². The Balaban J connectivity index is 1.41. The van der Waals surface area contributed by atoms with Crippen molar-refractivity contribution in [3.8, 4) is 0 Å². The minimum Gasteiger partial charge on any atom is -0.378 e. The summed E-state index contributed by atoms with van der Waals surface area (Å²) < 4.78 is 10.6. The molecule has 2 saturated heterocycles. The van der Waals surface area contributed by atoms with E-state index in [2.05, 4.69) is 0 Å². The summed E-state index contributed by atoms with van der Waals surface area (Å²) in [4.78, 5) is 30.3. The van der Waals surface area contributed by atoms with Crippen LogP contribution in [0, 0.1) is 0 Å². The summed E-state index contributed by atoms with van der Waals surface area (Å²) in [6, 6.07) is 13.6. The smallest absolute Gasteiger partial charge is 0.246 e. The highest BCUT2D eigenvalue weighted by molar-refractivity contribution is 7.99. The van der Waals surface area contributed by atoms with Crippen molar-refractivity contribution >= 4 is 47.3 Å². The Kier molecular flexibility index (Phi) is 8.82. The number of halogens is 1. The van der Waals surface area contributed by atoms with E-state index in [0.29, 0.717) is 57.6 Å². The van der Waals surface area contributed by atoms with Crippen LogP contribution in [0.4, 0.5) is 0 Å². The fraction of sp³-hybridized carbons (Fsp3) is 0.308. The van der Waals surface area contributed by atoms with Crippen LogP contribution in [0.1, 0.15) is 11.1 Å². The van der Waals surface area contributed by atoms with Gasteiger partial charge in [0, 0.05) is 48.1 Å². The van der Waals surface area contributed by atoms with Gasteiger partial charge in [0.2, 0.25) is 11.8 Å². The Morgan fingerprint density at radius 2 is 1.38 bits per heavy atom. The van der Waals surface area contributed by atoms with E-state index in [1.54, 1.807) is 39.8 Å². The van der Waals surface area contributed by atoms with Gasteiger partial charge in [0.25, 0.3) is 0 Å². The zero-order chi connectivity index (χ0) is 23.8. The normalized spacial score (nSPS) is 17.0. The number of carbonyl (C=O) groups is 2. The van der Waals surface area contributed by atoms with Gasteiger partial charge in [0.05, 0.1) is 31.5 Å². The third-order valence-electron chi connectivity index (χ3n) is 5.56. The summed E-state index contributed by atoms with van der Waals surface area (Å²) in [5.41, 5.74) is 1.81. The van der Waals surface area contributed by atoms with Gasteiger partial charge in [0.15, 0.2) is 0 Å². The number of rotatable bonds is 6. The number of ether oxygens (including phenoxy) is 2. The molecule has 2 aliphatic heterocycles. The van der Waals surface area contributed by atoms with E-state index >= 15 is 0 Å². The zero-order valence-electron chi connectivity index (χ0n) is 18.8. The number of hydrogen-bond acceptors (Lipinski definition) is 5. The fourth-order valence-electron chi connectivity index (χ4n) is 3.64. The third kappa shape index (κ3) is 6.73. The van der Waals surface area contributed by atoms with Crippen LogP contribution in [0.15, 0.2) is 64.4 Å². The minimum absolute atomic E-state index is 0.0103. The van der Waals surface area contributed by atoms with Crippen molar-refractivity contribution in [2.45, 2.75) is 9.79 Å². The number of hydrogen-bond donors (Lipinski definition) is 0. The van der Waals surface area contributed by atoms with Crippen molar-refractivity contribution in [3.05, 3.63) is 70.8 Å². The average molecular weight is 499 g/mol. The lowest BCUT2D eigenvalue weighted by atomic mass is 10.2. The molecule has 0 bridgehead atoms. The fourth-order valence-corrected chi connectivity index (χ4v) is 4.87. The number of amides is 2. The molecule has 4 rings (SSSR count). The molecule has 0 atom stereocenters. The molecule has 2 aromatic carbocycles. The Labute approximate surface area is 209 Å². The van der Waals surface area contributed by atoms with Crippen molar-refractivity contribution in [1.82, 2.24) is 9.80 Å². The van der Waals surface area contributed by atoms with Gasteiger partial charge in [-0.05, 0) is 41.5 Å². The van der Waals surface area contributed by atoms with Crippen LogP contribution in [-0.2, 0) is 19.1 Å². The van der Waals surface area contributed by atoms with E-state index < -0.39 is 0 Å². The largest absolute Gasteiger partial charge is 0.378 e. The molecule has 2 aromatic rings. The van der Waals surface area contributed by atoms with Crippen LogP contribution in [0.3, 0.4) is 0 Å². The van der Waals surface area contributed by atoms with Gasteiger partial charge in [-0.2, -0.15) is 0 Å². The van der Waals surface area contributed by atoms with E-state index in [1.165, 1.54) is 0 Å². The SMILES string of the molecule is O=C(/C=C/c1ccc(Sc2ccccc2/C=C/C(=O)N2CCOCC2)c(Cl)c1)N1CCOCC1. The third-order valence-corrected chi connectivity index (χ3v) is 7.16. The van der Waals surface area contributed by atoms with Gasteiger partial charge in [-0.1, -0.05) is 47.6 Å². The average Bonchev–Trinajstić information content (AvgIpc) is 2.89. The second kappa shape index (κ2) is 12.2. The van der Waals surface area contributed by atoms with E-state index in [-0.39, 0.29) is 11.8 Å². The summed E-state index contributed by atoms with van der Waals surface area (Å²) in [6.45, 7) is 4.79. The number of nitrogens with zero attached hydrogens (tertiary/aromatic N) is 2. The summed E-state index contributed by atoms with van der Waals surface area (Å²) in [7, 11) is 0. The molecule has 0 aliphatic carbocycles. The Morgan fingerprint density at radius 1 is 0.794 bits per heavy atom. The predicted octanol–water partition coefficient (Wildman–Crippen LogP) is 4.24. The zero-order valence-corrected chi connectivity index (χ0v) is 20.4. The molecule has 6 nitrogen and oxygen atoms in total. The van der Waals surface area contributed by atoms with Crippen molar-refractivity contribution in [2.75, 3.05) is 52.6 Å². The summed E-state index contributed by atoms with van der Waals surface area (Å²) in [5.74, 6) is -0.0332. The highest BCUT2D eigenvalue weighted by atomic mass is 35.5. The molecule has 0 unspecified atom stereocenters. The lowest BCUT2D eigenvalue weighted by Gasteiger charge is -2.25. The molecule has 2 fully saturated rings. The van der Waals surface area contributed by atoms with E-state index in [4.69, 9.17) is 21.1 Å². The van der Waals surface area contributed by atoms with Crippen molar-refractivity contribution in [3.63, 3.8) is 0 Å². The Hall–Kier alpha value is -2.58. The van der Waals surface area contributed by atoms with Crippen molar-refractivity contribution in [2.24, 2.45) is 0 Å². The summed E-state index contributed by atoms with van der Waals surface area (Å²) >= 11 is 8.11. The molecule has 0 N–H and O–H groups in total. The second-order valence-electron chi connectivity index (χ2n) is 7.87. The Bertz CT molecular complexity index is 1080. The van der Waals surface area contributed by atoms with Crippen LogP contribution in [0.2, 0.25) is 5.02 Å². The first-order chi connectivity index (χ1) is 16.6. The van der Waals surface area contributed by atoms with E-state index in [1.807, 2.05) is 48.5 Å². The second-order valence-corrected chi connectivity index (χ2v) is 9.36. The predicted molar refractivity (Wildman–Crippen MR) is 135 cm³/mol. The molecule has 0 radical (unpaired) electrons. The number of carbonyl (C=O) groups excluding carboxylic acids is 2. The standard InChI is InChI=1S/C26H27ClN2O4S/c27-22-19-20(6-9-25(30)28-11-15-32-16-12-28)5-8-24(22)34-23-4-2-1-3-21(23)7-10-26(31)29-13-17-33-18-14-29/h1-10,19H,11-18H2/b9-6+,10-7+. The van der Waals surface area contributed by atoms with Gasteiger partial charge < -0.3 is 19.3 Å². The molecule has 0 spiro atoms. The lowest BCUT2D eigenvalue weighted by molar-refractivity contribution is -0.130. The van der Waals surface area contributed by atoms with Gasteiger partial charge in [-0.15, -0.1) is 0 Å². The van der Waals surface area contributed by atoms with Gasteiger partial charge in [0.1, 0.15) is 0 Å². The lowest BCUT2D eigenvalue weighted by Crippen LogP contribution is -2.39. The highest BCUT2D eigenvalue weighted by Gasteiger charge is 2.15. The molecular weight excluding hydrogens is 472 g/mol. The maximum Gasteiger partial charge on any atom is 0.246 e.